The maximum atomic E-state index is 11.7. The van der Waals surface area contributed by atoms with Crippen LogP contribution in [-0.4, -0.2) is 27.8 Å². The molecule has 0 fully saturated rings. The third kappa shape index (κ3) is 2.88. The minimum absolute atomic E-state index is 0.101. The first kappa shape index (κ1) is 13.0. The molecule has 5 heteroatoms. The number of hydrogen-bond acceptors (Lipinski definition) is 3. The highest BCUT2D eigenvalue weighted by Gasteiger charge is 2.32. The monoisotopic (exact) mass is 259 g/mol. The molecule has 1 aliphatic rings. The smallest absolute Gasteiger partial charge is 0.303 e. The van der Waals surface area contributed by atoms with Crippen molar-refractivity contribution in [1.82, 2.24) is 4.90 Å². The second-order valence-electron chi connectivity index (χ2n) is 4.24. The number of aliphatic carboxylic acids is 1. The molecule has 1 heterocycles. The number of imide groups is 1. The molecule has 19 heavy (non-hydrogen) atoms. The van der Waals surface area contributed by atoms with E-state index in [1.54, 1.807) is 24.3 Å². The first-order valence-corrected chi connectivity index (χ1v) is 5.91. The van der Waals surface area contributed by atoms with Crippen molar-refractivity contribution in [1.29, 1.82) is 0 Å². The van der Waals surface area contributed by atoms with Gasteiger partial charge in [-0.3, -0.25) is 19.3 Å². The number of carbonyl (C=O) groups is 3. The Morgan fingerprint density at radius 1 is 1.11 bits per heavy atom. The number of carboxylic acids is 1. The number of benzene rings is 1. The fourth-order valence-electron chi connectivity index (χ4n) is 2.10. The molecule has 0 aromatic heterocycles. The number of nitrogens with zero attached hydrogens (tertiary/aromatic N) is 1. The molecule has 1 atom stereocenters. The van der Waals surface area contributed by atoms with Crippen LogP contribution in [0.15, 0.2) is 42.5 Å². The van der Waals surface area contributed by atoms with Crippen molar-refractivity contribution in [3.63, 3.8) is 0 Å². The predicted octanol–water partition coefficient (Wildman–Crippen LogP) is 1.52. The molecule has 1 aromatic carbocycles. The highest BCUT2D eigenvalue weighted by Crippen LogP contribution is 2.28. The summed E-state index contributed by atoms with van der Waals surface area (Å²) in [4.78, 5) is 35.2. The molecule has 1 unspecified atom stereocenters. The van der Waals surface area contributed by atoms with E-state index in [0.717, 1.165) is 10.5 Å². The van der Waals surface area contributed by atoms with E-state index in [4.69, 9.17) is 5.11 Å². The lowest BCUT2D eigenvalue weighted by Gasteiger charge is -2.26. The van der Waals surface area contributed by atoms with E-state index in [1.165, 1.54) is 12.2 Å². The Morgan fingerprint density at radius 2 is 1.68 bits per heavy atom. The molecule has 2 amide bonds. The number of hydrogen-bond donors (Lipinski definition) is 1. The van der Waals surface area contributed by atoms with Crippen LogP contribution < -0.4 is 0 Å². The molecule has 0 aliphatic carbocycles. The molecule has 1 aromatic rings. The van der Waals surface area contributed by atoms with Gasteiger partial charge < -0.3 is 5.11 Å². The molecular weight excluding hydrogens is 246 g/mol. The molecule has 2 rings (SSSR count). The number of carbonyl (C=O) groups excluding carboxylic acids is 2. The summed E-state index contributed by atoms with van der Waals surface area (Å²) in [6.07, 6.45) is 2.52. The third-order valence-electron chi connectivity index (χ3n) is 2.97. The summed E-state index contributed by atoms with van der Waals surface area (Å²) in [7, 11) is 0. The van der Waals surface area contributed by atoms with Crippen molar-refractivity contribution in [3.05, 3.63) is 48.0 Å². The molecule has 0 bridgehead atoms. The van der Waals surface area contributed by atoms with Crippen LogP contribution in [0.3, 0.4) is 0 Å². The van der Waals surface area contributed by atoms with Gasteiger partial charge >= 0.3 is 5.97 Å². The Morgan fingerprint density at radius 3 is 2.21 bits per heavy atom. The molecule has 0 radical (unpaired) electrons. The Labute approximate surface area is 110 Å². The van der Waals surface area contributed by atoms with E-state index in [2.05, 4.69) is 0 Å². The maximum Gasteiger partial charge on any atom is 0.303 e. The minimum atomic E-state index is -0.951. The van der Waals surface area contributed by atoms with E-state index in [9.17, 15) is 14.4 Å². The molecule has 0 saturated carbocycles. The standard InChI is InChI=1S/C14H13NO4/c16-12-7-8-13(17)15(12)11(6-9-14(18)19)10-4-2-1-3-5-10/h1-5,7-8,11H,6,9H2,(H,18,19). The summed E-state index contributed by atoms with van der Waals surface area (Å²) >= 11 is 0. The zero-order valence-corrected chi connectivity index (χ0v) is 10.2. The molecule has 0 saturated heterocycles. The topological polar surface area (TPSA) is 74.7 Å². The van der Waals surface area contributed by atoms with Crippen LogP contribution >= 0.6 is 0 Å². The van der Waals surface area contributed by atoms with Crippen molar-refractivity contribution in [3.8, 4) is 0 Å². The van der Waals surface area contributed by atoms with Crippen LogP contribution in [0.1, 0.15) is 24.4 Å². The Bertz CT molecular complexity index is 518. The Kier molecular flexibility index (Phi) is 3.75. The van der Waals surface area contributed by atoms with Crippen LogP contribution in [0, 0.1) is 0 Å². The summed E-state index contributed by atoms with van der Waals surface area (Å²) < 4.78 is 0. The molecule has 0 spiro atoms. The van der Waals surface area contributed by atoms with Gasteiger partial charge in [-0.1, -0.05) is 30.3 Å². The summed E-state index contributed by atoms with van der Waals surface area (Å²) in [5.41, 5.74) is 0.758. The maximum absolute atomic E-state index is 11.7. The SMILES string of the molecule is O=C(O)CCC(c1ccccc1)N1C(=O)C=CC1=O. The number of carboxylic acid groups (broad SMARTS) is 1. The highest BCUT2D eigenvalue weighted by atomic mass is 16.4. The van der Waals surface area contributed by atoms with Gasteiger partial charge in [-0.05, 0) is 12.0 Å². The summed E-state index contributed by atoms with van der Waals surface area (Å²) in [5, 5.41) is 8.78. The van der Waals surface area contributed by atoms with Crippen molar-refractivity contribution in [2.24, 2.45) is 0 Å². The average Bonchev–Trinajstić information content (AvgIpc) is 2.72. The first-order chi connectivity index (χ1) is 9.09. The van der Waals surface area contributed by atoms with Gasteiger partial charge in [-0.25, -0.2) is 0 Å². The number of rotatable bonds is 5. The Hall–Kier alpha value is -2.43. The summed E-state index contributed by atoms with van der Waals surface area (Å²) in [6.45, 7) is 0. The quantitative estimate of drug-likeness (QED) is 0.813. The molecular formula is C14H13NO4. The second kappa shape index (κ2) is 5.48. The highest BCUT2D eigenvalue weighted by molar-refractivity contribution is 6.13. The van der Waals surface area contributed by atoms with E-state index in [0.29, 0.717) is 0 Å². The van der Waals surface area contributed by atoms with Crippen LogP contribution in [0.5, 0.6) is 0 Å². The van der Waals surface area contributed by atoms with Gasteiger partial charge in [0.15, 0.2) is 0 Å². The molecule has 1 aliphatic heterocycles. The minimum Gasteiger partial charge on any atom is -0.481 e. The normalized spacial score (nSPS) is 15.9. The van der Waals surface area contributed by atoms with Crippen LogP contribution in [0.2, 0.25) is 0 Å². The predicted molar refractivity (Wildman–Crippen MR) is 67.0 cm³/mol. The lowest BCUT2D eigenvalue weighted by Crippen LogP contribution is -2.34. The first-order valence-electron chi connectivity index (χ1n) is 5.91. The summed E-state index contributed by atoms with van der Waals surface area (Å²) in [6, 6.07) is 8.44. The van der Waals surface area contributed by atoms with Crippen LogP contribution in [0.25, 0.3) is 0 Å². The number of amides is 2. The zero-order valence-electron chi connectivity index (χ0n) is 10.2. The van der Waals surface area contributed by atoms with Crippen molar-refractivity contribution in [2.45, 2.75) is 18.9 Å². The third-order valence-corrected chi connectivity index (χ3v) is 2.97. The zero-order chi connectivity index (χ0) is 13.8. The fraction of sp³-hybridized carbons (Fsp3) is 0.214. The van der Waals surface area contributed by atoms with Crippen LogP contribution in [-0.2, 0) is 14.4 Å². The second-order valence-corrected chi connectivity index (χ2v) is 4.24. The van der Waals surface area contributed by atoms with Gasteiger partial charge in [0, 0.05) is 18.6 Å². The fourth-order valence-corrected chi connectivity index (χ4v) is 2.10. The van der Waals surface area contributed by atoms with Crippen molar-refractivity contribution in [2.75, 3.05) is 0 Å². The van der Waals surface area contributed by atoms with E-state index in [-0.39, 0.29) is 12.8 Å². The molecule has 5 nitrogen and oxygen atoms in total. The van der Waals surface area contributed by atoms with E-state index < -0.39 is 23.8 Å². The largest absolute Gasteiger partial charge is 0.481 e. The van der Waals surface area contributed by atoms with Gasteiger partial charge in [-0.2, -0.15) is 0 Å². The van der Waals surface area contributed by atoms with Gasteiger partial charge in [-0.15, -0.1) is 0 Å². The van der Waals surface area contributed by atoms with Crippen molar-refractivity contribution < 1.29 is 19.5 Å². The Balaban J connectivity index is 2.27. The van der Waals surface area contributed by atoms with Gasteiger partial charge in [0.2, 0.25) is 0 Å². The lowest BCUT2D eigenvalue weighted by atomic mass is 10.0. The van der Waals surface area contributed by atoms with Crippen LogP contribution in [0.4, 0.5) is 0 Å². The molecule has 98 valence electrons. The van der Waals surface area contributed by atoms with Gasteiger partial charge in [0.25, 0.3) is 11.8 Å². The van der Waals surface area contributed by atoms with Crippen molar-refractivity contribution >= 4 is 17.8 Å². The van der Waals surface area contributed by atoms with Gasteiger partial charge in [0.05, 0.1) is 6.04 Å². The van der Waals surface area contributed by atoms with E-state index >= 15 is 0 Å². The summed E-state index contributed by atoms with van der Waals surface area (Å²) in [5.74, 6) is -1.75. The van der Waals surface area contributed by atoms with E-state index in [1.807, 2.05) is 6.07 Å². The average molecular weight is 259 g/mol. The lowest BCUT2D eigenvalue weighted by molar-refractivity contribution is -0.142. The van der Waals surface area contributed by atoms with Gasteiger partial charge in [0.1, 0.15) is 0 Å². The molecule has 1 N–H and O–H groups in total.